The maximum Gasteiger partial charge on any atom is 2.00 e. The second-order valence-corrected chi connectivity index (χ2v) is 0. The molecule has 0 radical (unpaired) electrons. The van der Waals surface area contributed by atoms with Crippen molar-refractivity contribution in [2.24, 2.45) is 0 Å². The monoisotopic (exact) mass is 232 g/mol. The van der Waals surface area contributed by atoms with Crippen LogP contribution in [0.2, 0.25) is 0 Å². The molecule has 24 valence electrons. The van der Waals surface area contributed by atoms with Crippen LogP contribution in [0, 0.1) is 0 Å². The maximum atomic E-state index is 0. The summed E-state index contributed by atoms with van der Waals surface area (Å²) >= 11 is 0. The fourth-order valence-electron chi connectivity index (χ4n) is 0. The fourth-order valence-corrected chi connectivity index (χ4v) is 0. The van der Waals surface area contributed by atoms with Crippen LogP contribution in [-0.2, 0) is 0 Å². The van der Waals surface area contributed by atoms with E-state index < -0.39 is 0 Å². The SMILES string of the molecule is [Cl-].[Cl-].[Cl-].[K+].[Sr+2]. The van der Waals surface area contributed by atoms with Crippen molar-refractivity contribution >= 4 is 45.5 Å². The summed E-state index contributed by atoms with van der Waals surface area (Å²) < 4.78 is 0. The molecule has 0 N–H and O–H groups in total. The minimum absolute atomic E-state index is 0. The van der Waals surface area contributed by atoms with Gasteiger partial charge in [-0.15, -0.1) is 0 Å². The summed E-state index contributed by atoms with van der Waals surface area (Å²) in [7, 11) is 0. The van der Waals surface area contributed by atoms with Crippen molar-refractivity contribution < 1.29 is 88.6 Å². The first-order chi connectivity index (χ1) is 0. The first-order valence-corrected chi connectivity index (χ1v) is 0. The third kappa shape index (κ3) is 18.0. The van der Waals surface area contributed by atoms with E-state index in [0.717, 1.165) is 0 Å². The van der Waals surface area contributed by atoms with Crippen molar-refractivity contribution in [3.05, 3.63) is 0 Å². The minimum Gasteiger partial charge on any atom is -1.00 e. The van der Waals surface area contributed by atoms with Gasteiger partial charge in [-0.1, -0.05) is 0 Å². The molecule has 0 rings (SSSR count). The molecule has 0 fully saturated rings. The Bertz CT molecular complexity index is 6.85. The van der Waals surface area contributed by atoms with Crippen LogP contribution in [0.1, 0.15) is 0 Å². The van der Waals surface area contributed by atoms with Gasteiger partial charge >= 0.3 is 96.9 Å². The van der Waals surface area contributed by atoms with Crippen LogP contribution in [0.3, 0.4) is 0 Å². The molecule has 0 aliphatic heterocycles. The molecule has 0 bridgehead atoms. The van der Waals surface area contributed by atoms with Crippen LogP contribution in [0.15, 0.2) is 0 Å². The van der Waals surface area contributed by atoms with Crippen molar-refractivity contribution in [3.8, 4) is 0 Å². The maximum absolute atomic E-state index is 0. The van der Waals surface area contributed by atoms with Gasteiger partial charge in [0.15, 0.2) is 0 Å². The molecule has 0 amide bonds. The Morgan fingerprint density at radius 3 is 0.600 bits per heavy atom. The van der Waals surface area contributed by atoms with Gasteiger partial charge in [0.05, 0.1) is 0 Å². The molecular weight excluding hydrogens is 233 g/mol. The van der Waals surface area contributed by atoms with E-state index in [2.05, 4.69) is 0 Å². The summed E-state index contributed by atoms with van der Waals surface area (Å²) in [6.07, 6.45) is 0. The van der Waals surface area contributed by atoms with E-state index in [-0.39, 0.29) is 134 Å². The molecule has 0 aromatic heterocycles. The first kappa shape index (κ1) is 36.1. The summed E-state index contributed by atoms with van der Waals surface area (Å²) in [5.74, 6) is 0. The molecule has 0 spiro atoms. The predicted octanol–water partition coefficient (Wildman–Crippen LogP) is -12.4. The second kappa shape index (κ2) is 24.5. The number of rotatable bonds is 0. The molecule has 0 saturated heterocycles. The van der Waals surface area contributed by atoms with Gasteiger partial charge in [-0.05, 0) is 0 Å². The molecule has 0 saturated carbocycles. The summed E-state index contributed by atoms with van der Waals surface area (Å²) in [5.41, 5.74) is 0. The van der Waals surface area contributed by atoms with Gasteiger partial charge in [-0.3, -0.25) is 0 Å². The third-order valence-corrected chi connectivity index (χ3v) is 0. The van der Waals surface area contributed by atoms with E-state index in [0.29, 0.717) is 0 Å². The van der Waals surface area contributed by atoms with Gasteiger partial charge in [0, 0.05) is 0 Å². The van der Waals surface area contributed by atoms with E-state index in [1.54, 1.807) is 0 Å². The zero-order chi connectivity index (χ0) is 0. The Morgan fingerprint density at radius 1 is 0.600 bits per heavy atom. The summed E-state index contributed by atoms with van der Waals surface area (Å²) in [4.78, 5) is 0. The van der Waals surface area contributed by atoms with Gasteiger partial charge in [-0.2, -0.15) is 0 Å². The van der Waals surface area contributed by atoms with Gasteiger partial charge in [0.25, 0.3) is 0 Å². The largest absolute Gasteiger partial charge is 2.00 e. The quantitative estimate of drug-likeness (QED) is 0.364. The van der Waals surface area contributed by atoms with E-state index in [9.17, 15) is 0 Å². The van der Waals surface area contributed by atoms with Crippen LogP contribution in [0.5, 0.6) is 0 Å². The third-order valence-electron chi connectivity index (χ3n) is 0. The Balaban J connectivity index is 0. The minimum atomic E-state index is 0. The Kier molecular flexibility index (Phi) is 177. The first-order valence-electron chi connectivity index (χ1n) is 0. The second-order valence-electron chi connectivity index (χ2n) is 0. The van der Waals surface area contributed by atoms with Crippen LogP contribution >= 0.6 is 0 Å². The average molecular weight is 233 g/mol. The van der Waals surface area contributed by atoms with Crippen LogP contribution in [0.4, 0.5) is 0 Å². The van der Waals surface area contributed by atoms with E-state index in [4.69, 9.17) is 0 Å². The van der Waals surface area contributed by atoms with E-state index >= 15 is 0 Å². The molecule has 5 heteroatoms. The molecule has 0 unspecified atom stereocenters. The number of halogens is 3. The molecule has 0 heterocycles. The predicted molar refractivity (Wildman–Crippen MR) is 5.75 cm³/mol. The molecule has 0 aliphatic carbocycles. The van der Waals surface area contributed by atoms with E-state index in [1.165, 1.54) is 0 Å². The summed E-state index contributed by atoms with van der Waals surface area (Å²) in [6.45, 7) is 0. The normalized spacial score (nSPS) is 0. The number of hydrogen-bond acceptors (Lipinski definition) is 0. The van der Waals surface area contributed by atoms with Crippen molar-refractivity contribution in [1.29, 1.82) is 0 Å². The average Bonchev–Trinajstić information content (AvgIpc) is 0. The van der Waals surface area contributed by atoms with Crippen molar-refractivity contribution in [2.45, 2.75) is 0 Å². The molecule has 0 aliphatic rings. The smallest absolute Gasteiger partial charge is 1.00 e. The number of hydrogen-bond donors (Lipinski definition) is 0. The fraction of sp³-hybridized carbons (Fsp3) is 0. The van der Waals surface area contributed by atoms with Crippen LogP contribution < -0.4 is 88.6 Å². The molecule has 0 nitrogen and oxygen atoms in total. The molecular formula is Cl3KSr. The Hall–Kier alpha value is 3.99. The van der Waals surface area contributed by atoms with Crippen molar-refractivity contribution in [1.82, 2.24) is 0 Å². The van der Waals surface area contributed by atoms with E-state index in [1.807, 2.05) is 0 Å². The Labute approximate surface area is 130 Å². The summed E-state index contributed by atoms with van der Waals surface area (Å²) in [5, 5.41) is 0. The van der Waals surface area contributed by atoms with Gasteiger partial charge < -0.3 is 37.2 Å². The summed E-state index contributed by atoms with van der Waals surface area (Å²) in [6, 6.07) is 0. The zero-order valence-electron chi connectivity index (χ0n) is 2.84. The molecule has 0 atom stereocenters. The van der Waals surface area contributed by atoms with Crippen molar-refractivity contribution in [3.63, 3.8) is 0 Å². The van der Waals surface area contributed by atoms with Crippen molar-refractivity contribution in [2.75, 3.05) is 0 Å². The topological polar surface area (TPSA) is 0 Å². The van der Waals surface area contributed by atoms with Crippen LogP contribution in [-0.4, -0.2) is 45.5 Å². The van der Waals surface area contributed by atoms with Crippen LogP contribution in [0.25, 0.3) is 0 Å². The molecule has 0 aromatic rings. The van der Waals surface area contributed by atoms with Gasteiger partial charge in [0.2, 0.25) is 0 Å². The molecule has 5 heavy (non-hydrogen) atoms. The zero-order valence-corrected chi connectivity index (χ0v) is 11.7. The Morgan fingerprint density at radius 2 is 0.600 bits per heavy atom. The standard InChI is InChI=1S/3ClH.K.Sr/h3*1H;;/q;;;+1;+2/p-3. The molecule has 0 aromatic carbocycles. The van der Waals surface area contributed by atoms with Gasteiger partial charge in [-0.25, -0.2) is 0 Å². The van der Waals surface area contributed by atoms with Gasteiger partial charge in [0.1, 0.15) is 0 Å².